The molecule has 26 heavy (non-hydrogen) atoms. The number of halogens is 1. The zero-order valence-corrected chi connectivity index (χ0v) is 15.5. The minimum atomic E-state index is -0.202. The molecule has 0 saturated carbocycles. The molecular formula is C19H22ClN3O3. The molecule has 1 saturated heterocycles. The first-order valence-corrected chi connectivity index (χ1v) is 9.10. The number of carbonyl (C=O) groups excluding carboxylic acids is 2. The average Bonchev–Trinajstić information content (AvgIpc) is 3.10. The topological polar surface area (TPSA) is 75.4 Å². The number of nitrogens with one attached hydrogen (secondary N) is 1. The lowest BCUT2D eigenvalue weighted by Gasteiger charge is -2.31. The van der Waals surface area contributed by atoms with Crippen molar-refractivity contribution in [3.8, 4) is 0 Å². The van der Waals surface area contributed by atoms with Crippen molar-refractivity contribution in [3.63, 3.8) is 0 Å². The molecule has 2 amide bonds. The van der Waals surface area contributed by atoms with Crippen LogP contribution in [0.25, 0.3) is 0 Å². The predicted molar refractivity (Wildman–Crippen MR) is 98.0 cm³/mol. The maximum atomic E-state index is 12.2. The molecule has 0 radical (unpaired) electrons. The molecule has 1 aromatic heterocycles. The van der Waals surface area contributed by atoms with E-state index < -0.39 is 0 Å². The minimum Gasteiger partial charge on any atom is -0.445 e. The Kier molecular flexibility index (Phi) is 5.93. The summed E-state index contributed by atoms with van der Waals surface area (Å²) in [5.41, 5.74) is 1.10. The van der Waals surface area contributed by atoms with Crippen LogP contribution in [-0.4, -0.2) is 41.3 Å². The predicted octanol–water partition coefficient (Wildman–Crippen LogP) is 2.76. The summed E-state index contributed by atoms with van der Waals surface area (Å²) in [5.74, 6) is 1.28. The summed E-state index contributed by atoms with van der Waals surface area (Å²) in [6.45, 7) is 2.71. The molecule has 0 aliphatic carbocycles. The first-order chi connectivity index (χ1) is 12.5. The van der Waals surface area contributed by atoms with Gasteiger partial charge < -0.3 is 14.6 Å². The van der Waals surface area contributed by atoms with Gasteiger partial charge in [-0.1, -0.05) is 23.7 Å². The Labute approximate surface area is 157 Å². The number of piperidine rings is 1. The number of hydrogen-bond acceptors (Lipinski definition) is 4. The molecule has 1 aliphatic heterocycles. The van der Waals surface area contributed by atoms with Crippen molar-refractivity contribution in [1.82, 2.24) is 15.2 Å². The highest BCUT2D eigenvalue weighted by molar-refractivity contribution is 6.30. The number of benzene rings is 1. The summed E-state index contributed by atoms with van der Waals surface area (Å²) in [7, 11) is 0. The van der Waals surface area contributed by atoms with E-state index in [0.717, 1.165) is 24.2 Å². The van der Waals surface area contributed by atoms with E-state index in [9.17, 15) is 9.59 Å². The Balaban J connectivity index is 1.60. The third kappa shape index (κ3) is 4.85. The summed E-state index contributed by atoms with van der Waals surface area (Å²) in [6.07, 6.45) is 4.24. The summed E-state index contributed by atoms with van der Waals surface area (Å²) in [5, 5.41) is 3.26. The van der Waals surface area contributed by atoms with E-state index in [0.29, 0.717) is 30.4 Å². The van der Waals surface area contributed by atoms with Crippen LogP contribution in [0.2, 0.25) is 5.02 Å². The third-order valence-electron chi connectivity index (χ3n) is 4.47. The molecule has 0 spiro atoms. The third-order valence-corrected chi connectivity index (χ3v) is 4.73. The largest absolute Gasteiger partial charge is 0.445 e. The van der Waals surface area contributed by atoms with Gasteiger partial charge in [-0.05, 0) is 30.5 Å². The molecule has 7 heteroatoms. The molecule has 1 N–H and O–H groups in total. The van der Waals surface area contributed by atoms with E-state index in [4.69, 9.17) is 16.0 Å². The Morgan fingerprint density at radius 2 is 2.12 bits per heavy atom. The number of carbonyl (C=O) groups is 2. The monoisotopic (exact) mass is 375 g/mol. The maximum Gasteiger partial charge on any atom is 0.241 e. The van der Waals surface area contributed by atoms with E-state index in [-0.39, 0.29) is 24.3 Å². The van der Waals surface area contributed by atoms with Gasteiger partial charge in [0.2, 0.25) is 11.8 Å². The van der Waals surface area contributed by atoms with Crippen molar-refractivity contribution in [2.24, 2.45) is 0 Å². The molecule has 1 atom stereocenters. The van der Waals surface area contributed by atoms with Gasteiger partial charge in [-0.15, -0.1) is 0 Å². The molecule has 138 valence electrons. The minimum absolute atomic E-state index is 0.0372. The molecule has 2 aromatic rings. The highest BCUT2D eigenvalue weighted by atomic mass is 35.5. The lowest BCUT2D eigenvalue weighted by atomic mass is 9.98. The fourth-order valence-corrected chi connectivity index (χ4v) is 3.24. The second kappa shape index (κ2) is 8.36. The number of aromatic nitrogens is 1. The lowest BCUT2D eigenvalue weighted by Crippen LogP contribution is -2.44. The first-order valence-electron chi connectivity index (χ1n) is 8.72. The number of rotatable bonds is 5. The average molecular weight is 376 g/mol. The van der Waals surface area contributed by atoms with Crippen LogP contribution in [0.5, 0.6) is 0 Å². The van der Waals surface area contributed by atoms with Gasteiger partial charge in [-0.2, -0.15) is 0 Å². The Hall–Kier alpha value is -2.34. The van der Waals surface area contributed by atoms with Gasteiger partial charge in [0.25, 0.3) is 0 Å². The van der Waals surface area contributed by atoms with Crippen LogP contribution < -0.4 is 5.32 Å². The highest BCUT2D eigenvalue weighted by Crippen LogP contribution is 2.27. The number of amides is 2. The molecule has 6 nitrogen and oxygen atoms in total. The second-order valence-electron chi connectivity index (χ2n) is 6.56. The number of nitrogens with zero attached hydrogens (tertiary/aromatic N) is 2. The fraction of sp³-hybridized carbons (Fsp3) is 0.421. The van der Waals surface area contributed by atoms with Crippen molar-refractivity contribution in [1.29, 1.82) is 0 Å². The normalized spacial score (nSPS) is 17.2. The van der Waals surface area contributed by atoms with E-state index in [1.807, 2.05) is 24.3 Å². The van der Waals surface area contributed by atoms with E-state index >= 15 is 0 Å². The van der Waals surface area contributed by atoms with Gasteiger partial charge in [0.05, 0.1) is 18.7 Å². The van der Waals surface area contributed by atoms with Gasteiger partial charge in [0.1, 0.15) is 5.76 Å². The van der Waals surface area contributed by atoms with Crippen molar-refractivity contribution in [2.75, 3.05) is 19.6 Å². The zero-order chi connectivity index (χ0) is 18.5. The Morgan fingerprint density at radius 1 is 1.35 bits per heavy atom. The van der Waals surface area contributed by atoms with Gasteiger partial charge in [0, 0.05) is 31.5 Å². The Bertz CT molecular complexity index is 773. The highest BCUT2D eigenvalue weighted by Gasteiger charge is 2.27. The molecule has 1 aliphatic rings. The van der Waals surface area contributed by atoms with Gasteiger partial charge >= 0.3 is 0 Å². The van der Waals surface area contributed by atoms with Crippen molar-refractivity contribution in [3.05, 3.63) is 52.7 Å². The second-order valence-corrected chi connectivity index (χ2v) is 6.99. The van der Waals surface area contributed by atoms with Crippen LogP contribution >= 0.6 is 11.6 Å². The van der Waals surface area contributed by atoms with Crippen LogP contribution in [0.1, 0.15) is 42.9 Å². The lowest BCUT2D eigenvalue weighted by molar-refractivity contribution is -0.133. The smallest absolute Gasteiger partial charge is 0.241 e. The summed E-state index contributed by atoms with van der Waals surface area (Å²) >= 11 is 5.91. The fourth-order valence-electron chi connectivity index (χ4n) is 3.11. The van der Waals surface area contributed by atoms with Crippen molar-refractivity contribution >= 4 is 23.4 Å². The SMILES string of the molecule is CC(=O)NCC(=O)N1CCC[C@@H](c2ncc(Cc3ccc(Cl)cc3)o2)C1. The zero-order valence-electron chi connectivity index (χ0n) is 14.7. The summed E-state index contributed by atoms with van der Waals surface area (Å²) in [4.78, 5) is 29.4. The molecule has 0 unspecified atom stereocenters. The maximum absolute atomic E-state index is 12.2. The number of hydrogen-bond donors (Lipinski definition) is 1. The van der Waals surface area contributed by atoms with Crippen LogP contribution in [0.3, 0.4) is 0 Å². The molecule has 1 aromatic carbocycles. The number of oxazole rings is 1. The standard InChI is InChI=1S/C19H22ClN3O3/c1-13(24)21-11-18(25)23-8-2-3-15(12-23)19-22-10-17(26-19)9-14-4-6-16(20)7-5-14/h4-7,10,15H,2-3,8-9,11-12H2,1H3,(H,21,24)/t15-/m1/s1. The van der Waals surface area contributed by atoms with Crippen LogP contribution in [0, 0.1) is 0 Å². The van der Waals surface area contributed by atoms with Crippen LogP contribution in [0.15, 0.2) is 34.9 Å². The molecule has 0 bridgehead atoms. The molecule has 2 heterocycles. The summed E-state index contributed by atoms with van der Waals surface area (Å²) < 4.78 is 5.93. The van der Waals surface area contributed by atoms with Crippen molar-refractivity contribution in [2.45, 2.75) is 32.1 Å². The quantitative estimate of drug-likeness (QED) is 0.871. The molecule has 1 fully saturated rings. The molecular weight excluding hydrogens is 354 g/mol. The Morgan fingerprint density at radius 3 is 2.85 bits per heavy atom. The van der Waals surface area contributed by atoms with E-state index in [2.05, 4.69) is 10.3 Å². The van der Waals surface area contributed by atoms with E-state index in [1.54, 1.807) is 11.1 Å². The number of likely N-dealkylation sites (tertiary alicyclic amines) is 1. The van der Waals surface area contributed by atoms with Crippen molar-refractivity contribution < 1.29 is 14.0 Å². The van der Waals surface area contributed by atoms with Gasteiger partial charge in [-0.3, -0.25) is 9.59 Å². The van der Waals surface area contributed by atoms with Crippen LogP contribution in [0.4, 0.5) is 0 Å². The molecule has 3 rings (SSSR count). The summed E-state index contributed by atoms with van der Waals surface area (Å²) in [6, 6.07) is 7.64. The van der Waals surface area contributed by atoms with Crippen LogP contribution in [-0.2, 0) is 16.0 Å². The van der Waals surface area contributed by atoms with Gasteiger partial charge in [-0.25, -0.2) is 4.98 Å². The van der Waals surface area contributed by atoms with E-state index in [1.165, 1.54) is 6.92 Å². The first kappa shape index (κ1) is 18.5. The van der Waals surface area contributed by atoms with Gasteiger partial charge in [0.15, 0.2) is 5.89 Å².